The van der Waals surface area contributed by atoms with E-state index in [-0.39, 0.29) is 11.4 Å². The lowest BCUT2D eigenvalue weighted by atomic mass is 10.1. The minimum Gasteiger partial charge on any atom is -0.490 e. The number of hydrazone groups is 1. The van der Waals surface area contributed by atoms with Crippen molar-refractivity contribution in [2.45, 2.75) is 45.9 Å². The van der Waals surface area contributed by atoms with Crippen LogP contribution < -0.4 is 14.9 Å². The van der Waals surface area contributed by atoms with Crippen molar-refractivity contribution in [3.8, 4) is 11.5 Å². The summed E-state index contributed by atoms with van der Waals surface area (Å²) in [5, 5.41) is 3.95. The first kappa shape index (κ1) is 26.3. The van der Waals surface area contributed by atoms with Gasteiger partial charge in [0.05, 0.1) is 30.9 Å². The number of sulfonamides is 1. The van der Waals surface area contributed by atoms with Crippen molar-refractivity contribution in [2.24, 2.45) is 5.10 Å². The second-order valence-electron chi connectivity index (χ2n) is 7.77. The van der Waals surface area contributed by atoms with Crippen LogP contribution in [0.15, 0.2) is 40.3 Å². The quantitative estimate of drug-likeness (QED) is 0.396. The Balaban J connectivity index is 2.05. The van der Waals surface area contributed by atoms with Gasteiger partial charge in [0, 0.05) is 7.05 Å². The molecule has 0 saturated heterocycles. The number of amides is 1. The number of ether oxygens (including phenoxy) is 2. The lowest BCUT2D eigenvalue weighted by molar-refractivity contribution is -0.121. The van der Waals surface area contributed by atoms with Crippen molar-refractivity contribution in [2.75, 3.05) is 26.8 Å². The molecule has 0 spiro atoms. The zero-order chi connectivity index (χ0) is 24.6. The average Bonchev–Trinajstić information content (AvgIpc) is 2.72. The maximum atomic E-state index is 13.0. The summed E-state index contributed by atoms with van der Waals surface area (Å²) < 4.78 is 38.3. The molecule has 0 aliphatic heterocycles. The molecule has 180 valence electrons. The van der Waals surface area contributed by atoms with E-state index in [9.17, 15) is 13.2 Å². The van der Waals surface area contributed by atoms with Crippen LogP contribution in [-0.4, -0.2) is 51.7 Å². The molecule has 0 saturated carbocycles. The number of hydrogen-bond acceptors (Lipinski definition) is 6. The number of nitrogens with zero attached hydrogens (tertiary/aromatic N) is 2. The zero-order valence-electron chi connectivity index (χ0n) is 20.1. The van der Waals surface area contributed by atoms with Gasteiger partial charge in [0.2, 0.25) is 10.0 Å². The molecule has 8 nitrogen and oxygen atoms in total. The van der Waals surface area contributed by atoms with Crippen molar-refractivity contribution in [1.29, 1.82) is 0 Å². The van der Waals surface area contributed by atoms with Gasteiger partial charge >= 0.3 is 0 Å². The Hall–Kier alpha value is -2.91. The van der Waals surface area contributed by atoms with Crippen LogP contribution in [-0.2, 0) is 14.8 Å². The van der Waals surface area contributed by atoms with E-state index in [4.69, 9.17) is 9.47 Å². The molecule has 1 N–H and O–H groups in total. The summed E-state index contributed by atoms with van der Waals surface area (Å²) in [6.07, 6.45) is 2.35. The van der Waals surface area contributed by atoms with Crippen molar-refractivity contribution < 1.29 is 22.7 Å². The highest BCUT2D eigenvalue weighted by Gasteiger charge is 2.26. The summed E-state index contributed by atoms with van der Waals surface area (Å²) in [5.74, 6) is 0.692. The molecule has 0 heterocycles. The molecule has 0 aliphatic rings. The van der Waals surface area contributed by atoms with Gasteiger partial charge in [0.15, 0.2) is 11.5 Å². The van der Waals surface area contributed by atoms with Crippen molar-refractivity contribution in [3.05, 3.63) is 52.6 Å². The molecule has 0 atom stereocenters. The smallest absolute Gasteiger partial charge is 0.255 e. The van der Waals surface area contributed by atoms with E-state index in [0.717, 1.165) is 16.3 Å². The third kappa shape index (κ3) is 7.03. The van der Waals surface area contributed by atoms with Gasteiger partial charge in [-0.25, -0.2) is 13.8 Å². The Labute approximate surface area is 196 Å². The van der Waals surface area contributed by atoms with E-state index in [0.29, 0.717) is 41.4 Å². The second kappa shape index (κ2) is 11.8. The van der Waals surface area contributed by atoms with Gasteiger partial charge in [-0.2, -0.15) is 9.41 Å². The van der Waals surface area contributed by atoms with Crippen LogP contribution >= 0.6 is 0 Å². The standard InChI is InChI=1S/C24H33N3O5S/c1-7-11-32-21-10-9-20(14-22(21)31-8-2)15-25-26-23(28)16-27(6)33(29,30)24-18(4)12-17(3)13-19(24)5/h9-10,12-15H,7-8,11,16H2,1-6H3,(H,26,28)/b25-15-. The minimum absolute atomic E-state index is 0.223. The molecule has 2 aromatic rings. The lowest BCUT2D eigenvalue weighted by Gasteiger charge is -2.19. The fraction of sp³-hybridized carbons (Fsp3) is 0.417. The van der Waals surface area contributed by atoms with Gasteiger partial charge in [-0.05, 0) is 69.0 Å². The first-order chi connectivity index (χ1) is 15.6. The summed E-state index contributed by atoms with van der Waals surface area (Å²) in [6, 6.07) is 8.98. The van der Waals surface area contributed by atoms with E-state index in [2.05, 4.69) is 10.5 Å². The van der Waals surface area contributed by atoms with E-state index in [1.165, 1.54) is 13.3 Å². The maximum Gasteiger partial charge on any atom is 0.255 e. The molecule has 0 aromatic heterocycles. The third-order valence-electron chi connectivity index (χ3n) is 4.77. The molecule has 0 unspecified atom stereocenters. The molecule has 2 rings (SSSR count). The van der Waals surface area contributed by atoms with Crippen molar-refractivity contribution in [3.63, 3.8) is 0 Å². The van der Waals surface area contributed by atoms with E-state index in [1.807, 2.05) is 32.9 Å². The first-order valence-electron chi connectivity index (χ1n) is 10.9. The van der Waals surface area contributed by atoms with E-state index in [1.54, 1.807) is 32.0 Å². The van der Waals surface area contributed by atoms with Crippen LogP contribution in [0.2, 0.25) is 0 Å². The Bertz CT molecular complexity index is 1090. The predicted molar refractivity (Wildman–Crippen MR) is 130 cm³/mol. The third-order valence-corrected chi connectivity index (χ3v) is 6.88. The first-order valence-corrected chi connectivity index (χ1v) is 12.3. The second-order valence-corrected chi connectivity index (χ2v) is 9.75. The molecular weight excluding hydrogens is 442 g/mol. The molecule has 2 aromatic carbocycles. The van der Waals surface area contributed by atoms with Crippen molar-refractivity contribution >= 4 is 22.1 Å². The predicted octanol–water partition coefficient (Wildman–Crippen LogP) is 3.57. The van der Waals surface area contributed by atoms with Crippen LogP contribution in [0.3, 0.4) is 0 Å². The summed E-state index contributed by atoms with van der Waals surface area (Å²) in [7, 11) is -2.45. The highest BCUT2D eigenvalue weighted by atomic mass is 32.2. The van der Waals surface area contributed by atoms with E-state index >= 15 is 0 Å². The Kier molecular flexibility index (Phi) is 9.43. The molecule has 33 heavy (non-hydrogen) atoms. The van der Waals surface area contributed by atoms with Gasteiger partial charge < -0.3 is 9.47 Å². The molecule has 0 fully saturated rings. The summed E-state index contributed by atoms with van der Waals surface area (Å²) in [4.78, 5) is 12.5. The highest BCUT2D eigenvalue weighted by molar-refractivity contribution is 7.89. The maximum absolute atomic E-state index is 13.0. The summed E-state index contributed by atoms with van der Waals surface area (Å²) in [6.45, 7) is 10.0. The van der Waals surface area contributed by atoms with Gasteiger partial charge in [-0.1, -0.05) is 24.6 Å². The molecule has 9 heteroatoms. The molecule has 0 radical (unpaired) electrons. The number of hydrogen-bond donors (Lipinski definition) is 1. The number of carbonyl (C=O) groups excluding carboxylic acids is 1. The lowest BCUT2D eigenvalue weighted by Crippen LogP contribution is -2.37. The SMILES string of the molecule is CCCOc1ccc(/C=N\NC(=O)CN(C)S(=O)(=O)c2c(C)cc(C)cc2C)cc1OCC. The van der Waals surface area contributed by atoms with Gasteiger partial charge in [-0.3, -0.25) is 4.79 Å². The van der Waals surface area contributed by atoms with E-state index < -0.39 is 15.9 Å². The van der Waals surface area contributed by atoms with Gasteiger partial charge in [-0.15, -0.1) is 0 Å². The normalized spacial score (nSPS) is 11.7. The molecule has 1 amide bonds. The Morgan fingerprint density at radius 2 is 1.73 bits per heavy atom. The van der Waals surface area contributed by atoms with Crippen LogP contribution in [0.1, 0.15) is 42.5 Å². The number of benzene rings is 2. The van der Waals surface area contributed by atoms with Gasteiger partial charge in [0.25, 0.3) is 5.91 Å². The minimum atomic E-state index is -3.82. The van der Waals surface area contributed by atoms with Crippen LogP contribution in [0.25, 0.3) is 0 Å². The monoisotopic (exact) mass is 475 g/mol. The van der Waals surface area contributed by atoms with Gasteiger partial charge in [0.1, 0.15) is 0 Å². The fourth-order valence-corrected chi connectivity index (χ4v) is 4.97. The van der Waals surface area contributed by atoms with Crippen LogP contribution in [0.4, 0.5) is 0 Å². The largest absolute Gasteiger partial charge is 0.490 e. The summed E-state index contributed by atoms with van der Waals surface area (Å²) >= 11 is 0. The fourth-order valence-electron chi connectivity index (χ4n) is 3.44. The number of aryl methyl sites for hydroxylation is 3. The van der Waals surface area contributed by atoms with Crippen LogP contribution in [0.5, 0.6) is 11.5 Å². The van der Waals surface area contributed by atoms with Crippen LogP contribution in [0, 0.1) is 20.8 Å². The zero-order valence-corrected chi connectivity index (χ0v) is 21.0. The van der Waals surface area contributed by atoms with Crippen molar-refractivity contribution in [1.82, 2.24) is 9.73 Å². The molecule has 0 aliphatic carbocycles. The number of rotatable bonds is 11. The topological polar surface area (TPSA) is 97.3 Å². The number of likely N-dealkylation sites (N-methyl/N-ethyl adjacent to an activating group) is 1. The molecular formula is C24H33N3O5S. The summed E-state index contributed by atoms with van der Waals surface area (Å²) in [5.41, 5.74) is 5.36. The Morgan fingerprint density at radius 1 is 1.06 bits per heavy atom. The number of nitrogens with one attached hydrogen (secondary N) is 1. The number of carbonyl (C=O) groups is 1. The Morgan fingerprint density at radius 3 is 2.33 bits per heavy atom. The molecule has 0 bridgehead atoms. The highest BCUT2D eigenvalue weighted by Crippen LogP contribution is 2.28. The average molecular weight is 476 g/mol.